The van der Waals surface area contributed by atoms with Crippen molar-refractivity contribution < 1.29 is 19.3 Å². The number of halogens is 1. The van der Waals surface area contributed by atoms with E-state index in [2.05, 4.69) is 0 Å². The van der Waals surface area contributed by atoms with Crippen LogP contribution in [-0.2, 0) is 4.74 Å². The summed E-state index contributed by atoms with van der Waals surface area (Å²) < 4.78 is 20.0. The first-order valence-corrected chi connectivity index (χ1v) is 5.57. The number of hydrogen-bond donors (Lipinski definition) is 4. The fourth-order valence-electron chi connectivity index (χ4n) is 2.02. The molecular weight excluding hydrogens is 261 g/mol. The van der Waals surface area contributed by atoms with E-state index in [9.17, 15) is 24.2 Å². The molecular formula is C10H14FN3O5. The molecule has 106 valence electrons. The quantitative estimate of drug-likeness (QED) is 0.480. The standard InChI is InChI=1S/C10H14FN3O5/c11-6-7(17)10(3-12,4-15)19-8(6)14-2-1-5(16)13-9(14)18/h1-2,6-8,15,17H,3-4,12H2,(H,13,16,18)/t6-,7-,8-,10-/m1/s1. The van der Waals surface area contributed by atoms with Crippen molar-refractivity contribution in [2.45, 2.75) is 24.1 Å². The maximum absolute atomic E-state index is 14.0. The molecule has 0 aliphatic carbocycles. The molecule has 1 aliphatic rings. The first-order chi connectivity index (χ1) is 8.95. The molecule has 0 radical (unpaired) electrons. The third-order valence-corrected chi connectivity index (χ3v) is 3.21. The van der Waals surface area contributed by atoms with Crippen molar-refractivity contribution in [3.05, 3.63) is 33.1 Å². The van der Waals surface area contributed by atoms with Gasteiger partial charge in [-0.3, -0.25) is 14.3 Å². The van der Waals surface area contributed by atoms with Crippen molar-refractivity contribution in [1.29, 1.82) is 0 Å². The maximum atomic E-state index is 14.0. The number of hydrogen-bond acceptors (Lipinski definition) is 6. The Kier molecular flexibility index (Phi) is 3.54. The number of aliphatic hydroxyl groups excluding tert-OH is 2. The van der Waals surface area contributed by atoms with Gasteiger partial charge in [0.15, 0.2) is 12.4 Å². The van der Waals surface area contributed by atoms with Gasteiger partial charge in [-0.15, -0.1) is 0 Å². The summed E-state index contributed by atoms with van der Waals surface area (Å²) in [7, 11) is 0. The first kappa shape index (κ1) is 13.9. The minimum Gasteiger partial charge on any atom is -0.393 e. The average Bonchev–Trinajstić information content (AvgIpc) is 2.64. The molecule has 0 bridgehead atoms. The number of aromatic nitrogens is 2. The topological polar surface area (TPSA) is 131 Å². The van der Waals surface area contributed by atoms with E-state index in [0.29, 0.717) is 0 Å². The summed E-state index contributed by atoms with van der Waals surface area (Å²) in [4.78, 5) is 24.4. The van der Waals surface area contributed by atoms with Gasteiger partial charge >= 0.3 is 5.69 Å². The Labute approximate surface area is 106 Å². The number of alkyl halides is 1. The lowest BCUT2D eigenvalue weighted by Gasteiger charge is -2.27. The Morgan fingerprint density at radius 3 is 2.74 bits per heavy atom. The number of nitrogens with one attached hydrogen (secondary N) is 1. The van der Waals surface area contributed by atoms with E-state index in [1.165, 1.54) is 0 Å². The number of H-pyrrole nitrogens is 1. The van der Waals surface area contributed by atoms with Gasteiger partial charge in [0.25, 0.3) is 5.56 Å². The van der Waals surface area contributed by atoms with Gasteiger partial charge < -0.3 is 20.7 Å². The van der Waals surface area contributed by atoms with Gasteiger partial charge in [-0.25, -0.2) is 9.18 Å². The van der Waals surface area contributed by atoms with Crippen molar-refractivity contribution in [2.24, 2.45) is 5.73 Å². The van der Waals surface area contributed by atoms with Gasteiger partial charge in [0.2, 0.25) is 0 Å². The first-order valence-electron chi connectivity index (χ1n) is 5.57. The van der Waals surface area contributed by atoms with E-state index in [1.807, 2.05) is 4.98 Å². The minimum atomic E-state index is -1.96. The van der Waals surface area contributed by atoms with Crippen LogP contribution in [0.15, 0.2) is 21.9 Å². The van der Waals surface area contributed by atoms with Crippen LogP contribution in [0.3, 0.4) is 0 Å². The second-order valence-corrected chi connectivity index (χ2v) is 4.34. The van der Waals surface area contributed by atoms with E-state index in [1.54, 1.807) is 0 Å². The lowest BCUT2D eigenvalue weighted by atomic mass is 9.97. The predicted octanol–water partition coefficient (Wildman–Crippen LogP) is -2.55. The summed E-state index contributed by atoms with van der Waals surface area (Å²) in [5.41, 5.74) is 2.20. The normalized spacial score (nSPS) is 34.6. The highest BCUT2D eigenvalue weighted by atomic mass is 19.1. The van der Waals surface area contributed by atoms with Crippen LogP contribution in [0, 0.1) is 0 Å². The lowest BCUT2D eigenvalue weighted by Crippen LogP contribution is -2.51. The molecule has 2 heterocycles. The zero-order valence-corrected chi connectivity index (χ0v) is 9.82. The van der Waals surface area contributed by atoms with Crippen LogP contribution >= 0.6 is 0 Å². The van der Waals surface area contributed by atoms with Crippen molar-refractivity contribution in [3.63, 3.8) is 0 Å². The Bertz CT molecular complexity index is 567. The number of aromatic amines is 1. The largest absolute Gasteiger partial charge is 0.393 e. The Morgan fingerprint density at radius 2 is 2.26 bits per heavy atom. The van der Waals surface area contributed by atoms with Crippen LogP contribution in [0.5, 0.6) is 0 Å². The highest BCUT2D eigenvalue weighted by molar-refractivity contribution is 5.02. The fourth-order valence-corrected chi connectivity index (χ4v) is 2.02. The number of nitrogens with zero attached hydrogens (tertiary/aromatic N) is 1. The molecule has 1 aromatic rings. The molecule has 19 heavy (non-hydrogen) atoms. The van der Waals surface area contributed by atoms with Crippen molar-refractivity contribution in [1.82, 2.24) is 9.55 Å². The Morgan fingerprint density at radius 1 is 1.58 bits per heavy atom. The molecule has 2 rings (SSSR count). The maximum Gasteiger partial charge on any atom is 0.330 e. The van der Waals surface area contributed by atoms with Crippen molar-refractivity contribution in [2.75, 3.05) is 13.2 Å². The Hall–Kier alpha value is -1.55. The van der Waals surface area contributed by atoms with Crippen molar-refractivity contribution >= 4 is 0 Å². The summed E-state index contributed by atoms with van der Waals surface area (Å²) in [6, 6.07) is 1.02. The molecule has 0 unspecified atom stereocenters. The van der Waals surface area contributed by atoms with Crippen LogP contribution < -0.4 is 17.0 Å². The molecule has 5 N–H and O–H groups in total. The molecule has 8 nitrogen and oxygen atoms in total. The molecule has 0 saturated carbocycles. The van der Waals surface area contributed by atoms with Gasteiger partial charge in [-0.2, -0.15) is 0 Å². The SMILES string of the molecule is NC[C@]1(CO)O[C@@H](n2ccc(=O)[nH]c2=O)[C@H](F)[C@H]1O. The summed E-state index contributed by atoms with van der Waals surface area (Å²) in [5, 5.41) is 19.0. The van der Waals surface area contributed by atoms with E-state index in [0.717, 1.165) is 16.8 Å². The molecule has 0 aromatic carbocycles. The van der Waals surface area contributed by atoms with E-state index in [4.69, 9.17) is 10.5 Å². The molecule has 1 fully saturated rings. The number of ether oxygens (including phenoxy) is 1. The molecule has 4 atom stereocenters. The van der Waals surface area contributed by atoms with Gasteiger partial charge in [-0.1, -0.05) is 0 Å². The molecule has 0 spiro atoms. The van der Waals surface area contributed by atoms with E-state index < -0.39 is 42.0 Å². The number of nitrogens with two attached hydrogens (primary N) is 1. The van der Waals surface area contributed by atoms with Crippen LogP contribution in [0.1, 0.15) is 6.23 Å². The van der Waals surface area contributed by atoms with E-state index >= 15 is 0 Å². The van der Waals surface area contributed by atoms with Crippen LogP contribution in [0.4, 0.5) is 4.39 Å². The van der Waals surface area contributed by atoms with Crippen molar-refractivity contribution in [3.8, 4) is 0 Å². The molecule has 1 aliphatic heterocycles. The third-order valence-electron chi connectivity index (χ3n) is 3.21. The molecule has 9 heteroatoms. The zero-order valence-electron chi connectivity index (χ0n) is 9.82. The number of aliphatic hydroxyl groups is 2. The predicted molar refractivity (Wildman–Crippen MR) is 61.2 cm³/mol. The van der Waals surface area contributed by atoms with Gasteiger partial charge in [-0.05, 0) is 0 Å². The monoisotopic (exact) mass is 275 g/mol. The van der Waals surface area contributed by atoms with Gasteiger partial charge in [0.05, 0.1) is 6.61 Å². The third kappa shape index (κ3) is 2.10. The Balaban J connectivity index is 2.42. The average molecular weight is 275 g/mol. The molecule has 0 amide bonds. The summed E-state index contributed by atoms with van der Waals surface area (Å²) in [6.45, 7) is -1.01. The smallest absolute Gasteiger partial charge is 0.330 e. The van der Waals surface area contributed by atoms with Crippen LogP contribution in [-0.4, -0.2) is 50.8 Å². The van der Waals surface area contributed by atoms with Gasteiger partial charge in [0.1, 0.15) is 11.7 Å². The fraction of sp³-hybridized carbons (Fsp3) is 0.600. The van der Waals surface area contributed by atoms with E-state index in [-0.39, 0.29) is 6.54 Å². The number of rotatable bonds is 3. The minimum absolute atomic E-state index is 0.320. The van der Waals surface area contributed by atoms with Gasteiger partial charge in [0, 0.05) is 18.8 Å². The molecule has 1 aromatic heterocycles. The summed E-state index contributed by atoms with van der Waals surface area (Å²) in [5.74, 6) is 0. The highest BCUT2D eigenvalue weighted by Gasteiger charge is 2.55. The van der Waals surface area contributed by atoms with Crippen LogP contribution in [0.2, 0.25) is 0 Å². The van der Waals surface area contributed by atoms with Crippen LogP contribution in [0.25, 0.3) is 0 Å². The lowest BCUT2D eigenvalue weighted by molar-refractivity contribution is -0.122. The summed E-state index contributed by atoms with van der Waals surface area (Å²) in [6.07, 6.45) is -4.05. The molecule has 1 saturated heterocycles. The second-order valence-electron chi connectivity index (χ2n) is 4.34. The second kappa shape index (κ2) is 4.85. The summed E-state index contributed by atoms with van der Waals surface area (Å²) >= 11 is 0. The zero-order chi connectivity index (χ0) is 14.2. The highest BCUT2D eigenvalue weighted by Crippen LogP contribution is 2.37.